The van der Waals surface area contributed by atoms with Gasteiger partial charge in [0.2, 0.25) is 11.8 Å². The molecular formula is C28H24FN5O4S. The lowest BCUT2D eigenvalue weighted by Crippen LogP contribution is -2.42. The molecule has 3 aromatic rings. The molecule has 0 aliphatic carbocycles. The number of thioether (sulfide) groups is 1. The van der Waals surface area contributed by atoms with Crippen LogP contribution in [0, 0.1) is 5.82 Å². The summed E-state index contributed by atoms with van der Waals surface area (Å²) in [6.45, 7) is 0.201. The van der Waals surface area contributed by atoms with E-state index in [0.717, 1.165) is 17.3 Å². The number of nitrogens with one attached hydrogen (secondary N) is 2. The summed E-state index contributed by atoms with van der Waals surface area (Å²) < 4.78 is 18.4. The maximum atomic E-state index is 13.4. The number of rotatable bonds is 8. The predicted octanol–water partition coefficient (Wildman–Crippen LogP) is 3.87. The molecule has 198 valence electrons. The quantitative estimate of drug-likeness (QED) is 0.446. The number of amidine groups is 2. The Labute approximate surface area is 228 Å². The fourth-order valence-electron chi connectivity index (χ4n) is 4.15. The van der Waals surface area contributed by atoms with E-state index in [2.05, 4.69) is 20.6 Å². The van der Waals surface area contributed by atoms with Crippen LogP contribution < -0.4 is 15.4 Å². The highest BCUT2D eigenvalue weighted by molar-refractivity contribution is 8.14. The average molecular weight is 546 g/mol. The molecule has 39 heavy (non-hydrogen) atoms. The van der Waals surface area contributed by atoms with Crippen LogP contribution in [0.25, 0.3) is 0 Å². The number of methoxy groups -OCH3 is 1. The third kappa shape index (κ3) is 5.83. The van der Waals surface area contributed by atoms with Crippen LogP contribution in [0.2, 0.25) is 0 Å². The lowest BCUT2D eigenvalue weighted by Gasteiger charge is -2.25. The minimum absolute atomic E-state index is 0.0149. The molecule has 0 bridgehead atoms. The van der Waals surface area contributed by atoms with E-state index in [0.29, 0.717) is 33.7 Å². The van der Waals surface area contributed by atoms with Crippen molar-refractivity contribution >= 4 is 51.9 Å². The van der Waals surface area contributed by atoms with Crippen LogP contribution in [-0.4, -0.2) is 52.5 Å². The molecular weight excluding hydrogens is 521 g/mol. The van der Waals surface area contributed by atoms with Crippen molar-refractivity contribution in [3.05, 3.63) is 89.7 Å². The standard InChI is InChI=1S/C28H24FN5O4S/c1-38-23-9-5-4-8-21(23)31-25(36)16-39-28-33-20-7-3-2-6-19(20)26-32-22(27(37)34(26)28)14-24(35)30-15-17-10-12-18(29)13-11-17/h2-13,22H,14-16H2,1H3,(H,30,35)(H,31,36). The first kappa shape index (κ1) is 26.1. The number of carbonyl (C=O) groups is 3. The number of benzene rings is 3. The van der Waals surface area contributed by atoms with Gasteiger partial charge in [-0.3, -0.25) is 19.4 Å². The van der Waals surface area contributed by atoms with Gasteiger partial charge in [-0.2, -0.15) is 0 Å². The average Bonchev–Trinajstić information content (AvgIpc) is 3.27. The van der Waals surface area contributed by atoms with Crippen molar-refractivity contribution in [3.8, 4) is 5.75 Å². The molecule has 1 unspecified atom stereocenters. The summed E-state index contributed by atoms with van der Waals surface area (Å²) in [5, 5.41) is 5.87. The Morgan fingerprint density at radius 2 is 1.77 bits per heavy atom. The zero-order valence-corrected chi connectivity index (χ0v) is 21.7. The van der Waals surface area contributed by atoms with E-state index in [1.54, 1.807) is 42.5 Å². The summed E-state index contributed by atoms with van der Waals surface area (Å²) >= 11 is 1.10. The first-order valence-electron chi connectivity index (χ1n) is 12.1. The first-order chi connectivity index (χ1) is 18.9. The molecule has 1 atom stereocenters. The number of fused-ring (bicyclic) bond motifs is 3. The molecule has 0 saturated heterocycles. The molecule has 0 saturated carbocycles. The molecule has 2 aliphatic heterocycles. The minimum atomic E-state index is -0.937. The Hall–Kier alpha value is -4.51. The van der Waals surface area contributed by atoms with Gasteiger partial charge < -0.3 is 15.4 Å². The molecule has 0 radical (unpaired) electrons. The summed E-state index contributed by atoms with van der Waals surface area (Å²) in [6, 6.07) is 19.2. The zero-order chi connectivity index (χ0) is 27.4. The Morgan fingerprint density at radius 3 is 2.56 bits per heavy atom. The number of ether oxygens (including phenoxy) is 1. The number of para-hydroxylation sites is 3. The molecule has 3 aromatic carbocycles. The molecule has 2 heterocycles. The highest BCUT2D eigenvalue weighted by atomic mass is 32.2. The summed E-state index contributed by atoms with van der Waals surface area (Å²) in [6.07, 6.45) is -0.158. The van der Waals surface area contributed by atoms with Gasteiger partial charge in [-0.1, -0.05) is 48.2 Å². The lowest BCUT2D eigenvalue weighted by atomic mass is 10.1. The van der Waals surface area contributed by atoms with Crippen molar-refractivity contribution in [2.24, 2.45) is 9.98 Å². The summed E-state index contributed by atoms with van der Waals surface area (Å²) in [7, 11) is 1.52. The summed E-state index contributed by atoms with van der Waals surface area (Å²) in [5.74, 6) is -0.502. The van der Waals surface area contributed by atoms with Crippen molar-refractivity contribution in [1.29, 1.82) is 0 Å². The summed E-state index contributed by atoms with van der Waals surface area (Å²) in [5.41, 5.74) is 2.56. The van der Waals surface area contributed by atoms with E-state index in [-0.39, 0.29) is 36.4 Å². The largest absolute Gasteiger partial charge is 0.495 e. The van der Waals surface area contributed by atoms with Crippen molar-refractivity contribution in [2.45, 2.75) is 19.0 Å². The molecule has 11 heteroatoms. The second kappa shape index (κ2) is 11.5. The second-order valence-electron chi connectivity index (χ2n) is 8.70. The Kier molecular flexibility index (Phi) is 7.69. The van der Waals surface area contributed by atoms with Crippen LogP contribution in [0.5, 0.6) is 5.75 Å². The van der Waals surface area contributed by atoms with Gasteiger partial charge in [-0.15, -0.1) is 0 Å². The third-order valence-corrected chi connectivity index (χ3v) is 6.98. The van der Waals surface area contributed by atoms with Crippen LogP contribution in [-0.2, 0) is 20.9 Å². The van der Waals surface area contributed by atoms with Gasteiger partial charge in [-0.05, 0) is 42.0 Å². The highest BCUT2D eigenvalue weighted by Crippen LogP contribution is 2.34. The van der Waals surface area contributed by atoms with Gasteiger partial charge in [0, 0.05) is 12.1 Å². The van der Waals surface area contributed by atoms with Gasteiger partial charge in [0.15, 0.2) is 5.17 Å². The van der Waals surface area contributed by atoms with Crippen molar-refractivity contribution in [1.82, 2.24) is 10.2 Å². The van der Waals surface area contributed by atoms with Crippen LogP contribution in [0.4, 0.5) is 15.8 Å². The monoisotopic (exact) mass is 545 g/mol. The number of hydrogen-bond acceptors (Lipinski definition) is 7. The van der Waals surface area contributed by atoms with E-state index in [1.165, 1.54) is 24.1 Å². The van der Waals surface area contributed by atoms with Gasteiger partial charge in [0.05, 0.1) is 30.7 Å². The van der Waals surface area contributed by atoms with E-state index in [4.69, 9.17) is 4.74 Å². The summed E-state index contributed by atoms with van der Waals surface area (Å²) in [4.78, 5) is 49.3. The highest BCUT2D eigenvalue weighted by Gasteiger charge is 2.42. The van der Waals surface area contributed by atoms with Crippen LogP contribution >= 0.6 is 11.8 Å². The normalized spacial score (nSPS) is 15.6. The number of carbonyl (C=O) groups excluding carboxylic acids is 3. The molecule has 2 aliphatic rings. The predicted molar refractivity (Wildman–Crippen MR) is 148 cm³/mol. The van der Waals surface area contributed by atoms with Gasteiger partial charge >= 0.3 is 0 Å². The molecule has 0 spiro atoms. The van der Waals surface area contributed by atoms with Crippen molar-refractivity contribution in [2.75, 3.05) is 18.2 Å². The van der Waals surface area contributed by atoms with Gasteiger partial charge in [0.25, 0.3) is 5.91 Å². The van der Waals surface area contributed by atoms with Crippen LogP contribution in [0.15, 0.2) is 82.8 Å². The number of anilines is 1. The number of aliphatic imine (C=N–C) groups is 2. The Balaban J connectivity index is 1.28. The lowest BCUT2D eigenvalue weighted by molar-refractivity contribution is -0.128. The van der Waals surface area contributed by atoms with E-state index < -0.39 is 11.9 Å². The fourth-order valence-corrected chi connectivity index (χ4v) is 4.95. The number of hydrogen-bond donors (Lipinski definition) is 2. The van der Waals surface area contributed by atoms with Gasteiger partial charge in [-0.25, -0.2) is 14.3 Å². The molecule has 2 N–H and O–H groups in total. The number of halogens is 1. The molecule has 5 rings (SSSR count). The van der Waals surface area contributed by atoms with E-state index in [9.17, 15) is 18.8 Å². The number of nitrogens with zero attached hydrogens (tertiary/aromatic N) is 3. The molecule has 3 amide bonds. The molecule has 0 aromatic heterocycles. The Bertz CT molecular complexity index is 1490. The van der Waals surface area contributed by atoms with Crippen LogP contribution in [0.1, 0.15) is 17.5 Å². The molecule has 9 nitrogen and oxygen atoms in total. The van der Waals surface area contributed by atoms with Gasteiger partial charge in [0.1, 0.15) is 23.4 Å². The first-order valence-corrected chi connectivity index (χ1v) is 13.1. The SMILES string of the molecule is COc1ccccc1NC(=O)CSC1=Nc2ccccc2C2=NC(CC(=O)NCc3ccc(F)cc3)C(=O)N12. The fraction of sp³-hybridized carbons (Fsp3) is 0.179. The van der Waals surface area contributed by atoms with Crippen molar-refractivity contribution in [3.63, 3.8) is 0 Å². The maximum absolute atomic E-state index is 13.4. The number of amides is 3. The maximum Gasteiger partial charge on any atom is 0.259 e. The zero-order valence-electron chi connectivity index (χ0n) is 20.9. The Morgan fingerprint density at radius 1 is 1.03 bits per heavy atom. The minimum Gasteiger partial charge on any atom is -0.495 e. The van der Waals surface area contributed by atoms with E-state index in [1.807, 2.05) is 18.2 Å². The van der Waals surface area contributed by atoms with E-state index >= 15 is 0 Å². The second-order valence-corrected chi connectivity index (χ2v) is 9.64. The topological polar surface area (TPSA) is 112 Å². The third-order valence-electron chi connectivity index (χ3n) is 6.04. The van der Waals surface area contributed by atoms with Crippen LogP contribution in [0.3, 0.4) is 0 Å². The van der Waals surface area contributed by atoms with Crippen molar-refractivity contribution < 1.29 is 23.5 Å². The smallest absolute Gasteiger partial charge is 0.259 e. The molecule has 0 fully saturated rings.